The first kappa shape index (κ1) is 25.2. The van der Waals surface area contributed by atoms with E-state index in [9.17, 15) is 13.6 Å². The number of carbonyl (C=O) groups is 1. The Balaban J connectivity index is 1.33. The van der Waals surface area contributed by atoms with Gasteiger partial charge in [-0.15, -0.1) is 0 Å². The lowest BCUT2D eigenvalue weighted by Crippen LogP contribution is -2.44. The molecule has 1 aliphatic heterocycles. The Labute approximate surface area is 224 Å². The van der Waals surface area contributed by atoms with Crippen molar-refractivity contribution in [1.82, 2.24) is 25.3 Å². The number of piperidine rings is 1. The van der Waals surface area contributed by atoms with Crippen molar-refractivity contribution < 1.29 is 18.3 Å². The van der Waals surface area contributed by atoms with E-state index >= 15 is 0 Å². The van der Waals surface area contributed by atoms with Crippen LogP contribution in [-0.4, -0.2) is 51.0 Å². The Hall–Kier alpha value is -4.05. The molecule has 2 aromatic heterocycles. The molecule has 1 aliphatic carbocycles. The number of anilines is 1. The number of carbonyl (C=O) groups excluding carboxylic acids is 1. The summed E-state index contributed by atoms with van der Waals surface area (Å²) in [6, 6.07) is 8.33. The molecule has 10 heteroatoms. The zero-order chi connectivity index (χ0) is 26.9. The first-order valence-corrected chi connectivity index (χ1v) is 13.1. The zero-order valence-corrected chi connectivity index (χ0v) is 21.5. The van der Waals surface area contributed by atoms with Crippen LogP contribution in [0.1, 0.15) is 30.4 Å². The standard InChI is InChI=1S/C29H28F2N6O2/c1-16-2-5-20-21(6-7-24(31)22(20)11-26(38)17-3-4-17)27(16)39-28-23(14-33-15-35-28)25-8-9-34-29(37-25)36-19-10-18(30)12-32-13-19/h2,5-9,14-15,17-19,32H,3-4,10-13H2,1H3,(H,34,36,37)/t18-,19-/m0/s1. The highest BCUT2D eigenvalue weighted by Crippen LogP contribution is 2.39. The number of nitrogens with zero attached hydrogens (tertiary/aromatic N) is 4. The number of fused-ring (bicyclic) bond motifs is 1. The Morgan fingerprint density at radius 1 is 1.13 bits per heavy atom. The molecule has 2 N–H and O–H groups in total. The second kappa shape index (κ2) is 10.6. The number of benzene rings is 2. The molecule has 8 nitrogen and oxygen atoms in total. The lowest BCUT2D eigenvalue weighted by molar-refractivity contribution is -0.119. The summed E-state index contributed by atoms with van der Waals surface area (Å²) in [5.41, 5.74) is 2.28. The van der Waals surface area contributed by atoms with Crippen LogP contribution in [0.5, 0.6) is 11.6 Å². The van der Waals surface area contributed by atoms with Crippen molar-refractivity contribution in [2.45, 2.75) is 44.8 Å². The number of hydrogen-bond donors (Lipinski definition) is 2. The first-order chi connectivity index (χ1) is 19.0. The summed E-state index contributed by atoms with van der Waals surface area (Å²) < 4.78 is 35.1. The molecule has 0 bridgehead atoms. The van der Waals surface area contributed by atoms with Crippen LogP contribution in [0, 0.1) is 18.7 Å². The van der Waals surface area contributed by atoms with Gasteiger partial charge in [-0.05, 0) is 48.9 Å². The van der Waals surface area contributed by atoms with E-state index in [0.717, 1.165) is 18.4 Å². The molecule has 200 valence electrons. The van der Waals surface area contributed by atoms with E-state index in [-0.39, 0.29) is 30.0 Å². The quantitative estimate of drug-likeness (QED) is 0.330. The monoisotopic (exact) mass is 530 g/mol. The maximum absolute atomic E-state index is 14.9. The molecule has 0 amide bonds. The number of Topliss-reactive ketones (excluding diaryl/α,β-unsaturated/α-hetero) is 1. The van der Waals surface area contributed by atoms with Gasteiger partial charge in [-0.1, -0.05) is 12.1 Å². The SMILES string of the molecule is Cc1ccc2c(CC(=O)C3CC3)c(F)ccc2c1Oc1ncncc1-c1ccnc(N[C@@H]2CNC[C@@H](F)C2)n1. The zero-order valence-electron chi connectivity index (χ0n) is 21.5. The maximum Gasteiger partial charge on any atom is 0.231 e. The van der Waals surface area contributed by atoms with Crippen LogP contribution in [0.4, 0.5) is 14.7 Å². The predicted octanol–water partition coefficient (Wildman–Crippen LogP) is 4.96. The molecule has 1 saturated carbocycles. The van der Waals surface area contributed by atoms with Gasteiger partial charge in [0, 0.05) is 61.2 Å². The molecular weight excluding hydrogens is 502 g/mol. The number of ketones is 1. The van der Waals surface area contributed by atoms with Gasteiger partial charge in [0.05, 0.1) is 11.3 Å². The van der Waals surface area contributed by atoms with E-state index in [1.165, 1.54) is 12.4 Å². The number of ether oxygens (including phenoxy) is 1. The topological polar surface area (TPSA) is 102 Å². The van der Waals surface area contributed by atoms with Crippen LogP contribution in [0.2, 0.25) is 0 Å². The highest BCUT2D eigenvalue weighted by atomic mass is 19.1. The summed E-state index contributed by atoms with van der Waals surface area (Å²) in [5.74, 6) is 0.869. The van der Waals surface area contributed by atoms with Gasteiger partial charge in [0.15, 0.2) is 0 Å². The first-order valence-electron chi connectivity index (χ1n) is 13.1. The van der Waals surface area contributed by atoms with E-state index in [2.05, 4.69) is 30.6 Å². The molecular formula is C29H28F2N6O2. The third-order valence-corrected chi connectivity index (χ3v) is 7.22. The fourth-order valence-electron chi connectivity index (χ4n) is 4.99. The Morgan fingerprint density at radius 3 is 2.79 bits per heavy atom. The predicted molar refractivity (Wildman–Crippen MR) is 143 cm³/mol. The van der Waals surface area contributed by atoms with Gasteiger partial charge in [0.1, 0.15) is 29.8 Å². The summed E-state index contributed by atoms with van der Waals surface area (Å²) >= 11 is 0. The molecule has 0 unspecified atom stereocenters. The molecule has 2 atom stereocenters. The van der Waals surface area contributed by atoms with Crippen LogP contribution >= 0.6 is 0 Å². The number of rotatable bonds is 8. The molecule has 0 radical (unpaired) electrons. The highest BCUT2D eigenvalue weighted by Gasteiger charge is 2.30. The van der Waals surface area contributed by atoms with E-state index in [0.29, 0.717) is 58.8 Å². The van der Waals surface area contributed by atoms with Crippen molar-refractivity contribution >= 4 is 22.5 Å². The molecule has 0 spiro atoms. The molecule has 6 rings (SSSR count). The number of aromatic nitrogens is 4. The molecule has 2 aromatic carbocycles. The molecule has 1 saturated heterocycles. The van der Waals surface area contributed by atoms with Crippen molar-refractivity contribution in [2.75, 3.05) is 18.4 Å². The van der Waals surface area contributed by atoms with E-state index < -0.39 is 12.0 Å². The Morgan fingerprint density at radius 2 is 1.97 bits per heavy atom. The van der Waals surface area contributed by atoms with Crippen molar-refractivity contribution in [3.8, 4) is 22.9 Å². The highest BCUT2D eigenvalue weighted by molar-refractivity contribution is 5.96. The van der Waals surface area contributed by atoms with Crippen molar-refractivity contribution in [2.24, 2.45) is 5.92 Å². The molecule has 2 aliphatic rings. The van der Waals surface area contributed by atoms with Crippen LogP contribution in [0.15, 0.2) is 49.1 Å². The molecule has 39 heavy (non-hydrogen) atoms. The summed E-state index contributed by atoms with van der Waals surface area (Å²) in [5, 5.41) is 7.58. The minimum atomic E-state index is -0.924. The fraction of sp³-hybridized carbons (Fsp3) is 0.345. The van der Waals surface area contributed by atoms with Gasteiger partial charge in [-0.3, -0.25) is 4.79 Å². The molecule has 2 fully saturated rings. The summed E-state index contributed by atoms with van der Waals surface area (Å²) in [6.45, 7) is 2.86. The average molecular weight is 531 g/mol. The van der Waals surface area contributed by atoms with Gasteiger partial charge >= 0.3 is 0 Å². The van der Waals surface area contributed by atoms with Gasteiger partial charge in [-0.2, -0.15) is 0 Å². The number of aryl methyl sites for hydroxylation is 1. The molecule has 3 heterocycles. The van der Waals surface area contributed by atoms with E-state index in [4.69, 9.17) is 4.74 Å². The van der Waals surface area contributed by atoms with E-state index in [1.807, 2.05) is 19.1 Å². The van der Waals surface area contributed by atoms with Crippen LogP contribution < -0.4 is 15.4 Å². The van der Waals surface area contributed by atoms with Gasteiger partial charge in [0.2, 0.25) is 11.8 Å². The number of hydrogen-bond acceptors (Lipinski definition) is 8. The average Bonchev–Trinajstić information content (AvgIpc) is 3.78. The van der Waals surface area contributed by atoms with Gasteiger partial charge in [-0.25, -0.2) is 28.7 Å². The summed E-state index contributed by atoms with van der Waals surface area (Å²) in [4.78, 5) is 30.0. The van der Waals surface area contributed by atoms with Crippen molar-refractivity contribution in [3.63, 3.8) is 0 Å². The molecule has 4 aromatic rings. The fourth-order valence-corrected chi connectivity index (χ4v) is 4.99. The van der Waals surface area contributed by atoms with Crippen LogP contribution in [-0.2, 0) is 11.2 Å². The smallest absolute Gasteiger partial charge is 0.231 e. The minimum absolute atomic E-state index is 0.0458. The van der Waals surface area contributed by atoms with Crippen molar-refractivity contribution in [1.29, 1.82) is 0 Å². The third kappa shape index (κ3) is 5.42. The number of halogens is 2. The lowest BCUT2D eigenvalue weighted by atomic mass is 9.96. The largest absolute Gasteiger partial charge is 0.437 e. The maximum atomic E-state index is 14.9. The van der Waals surface area contributed by atoms with Gasteiger partial charge in [0.25, 0.3) is 0 Å². The Kier molecular flexibility index (Phi) is 6.86. The van der Waals surface area contributed by atoms with E-state index in [1.54, 1.807) is 24.5 Å². The second-order valence-corrected chi connectivity index (χ2v) is 10.2. The van der Waals surface area contributed by atoms with Crippen molar-refractivity contribution in [3.05, 3.63) is 66.0 Å². The Bertz CT molecular complexity index is 1540. The summed E-state index contributed by atoms with van der Waals surface area (Å²) in [6.07, 6.45) is 5.87. The number of nitrogens with one attached hydrogen (secondary N) is 2. The number of alkyl halides is 1. The minimum Gasteiger partial charge on any atom is -0.437 e. The second-order valence-electron chi connectivity index (χ2n) is 10.2. The lowest BCUT2D eigenvalue weighted by Gasteiger charge is -2.26. The van der Waals surface area contributed by atoms with Crippen LogP contribution in [0.3, 0.4) is 0 Å². The normalized spacial score (nSPS) is 19.2. The third-order valence-electron chi connectivity index (χ3n) is 7.22. The van der Waals surface area contributed by atoms with Crippen LogP contribution in [0.25, 0.3) is 22.0 Å². The van der Waals surface area contributed by atoms with Gasteiger partial charge < -0.3 is 15.4 Å². The summed E-state index contributed by atoms with van der Waals surface area (Å²) in [7, 11) is 0.